The highest BCUT2D eigenvalue weighted by Crippen LogP contribution is 2.27. The van der Waals surface area contributed by atoms with Gasteiger partial charge in [0.05, 0.1) is 10.8 Å². The lowest BCUT2D eigenvalue weighted by atomic mass is 10.4. The molecule has 1 aromatic carbocycles. The molecule has 0 radical (unpaired) electrons. The Morgan fingerprint density at radius 3 is 2.32 bits per heavy atom. The molecule has 5 nitrogen and oxygen atoms in total. The van der Waals surface area contributed by atoms with Crippen LogP contribution in [0.4, 0.5) is 0 Å². The molecule has 1 aromatic rings. The van der Waals surface area contributed by atoms with E-state index in [2.05, 4.69) is 15.9 Å². The van der Waals surface area contributed by atoms with Crippen molar-refractivity contribution in [2.24, 2.45) is 0 Å². The topological polar surface area (TPSA) is 71.5 Å². The van der Waals surface area contributed by atoms with Crippen molar-refractivity contribution in [3.63, 3.8) is 0 Å². The fourth-order valence-electron chi connectivity index (χ4n) is 1.27. The molecule has 0 aliphatic rings. The number of rotatable bonds is 5. The maximum atomic E-state index is 12.2. The van der Waals surface area contributed by atoms with E-state index in [1.807, 2.05) is 0 Å². The lowest BCUT2D eigenvalue weighted by Crippen LogP contribution is -2.31. The summed E-state index contributed by atoms with van der Waals surface area (Å²) in [6.45, 7) is -0.118. The number of halogens is 2. The average Bonchev–Trinajstić information content (AvgIpc) is 2.24. The summed E-state index contributed by atoms with van der Waals surface area (Å²) >= 11 is 9.08. The molecule has 0 spiro atoms. The Morgan fingerprint density at radius 1 is 1.26 bits per heavy atom. The first-order chi connectivity index (χ1) is 8.54. The average molecular weight is 391 g/mol. The first-order valence-electron chi connectivity index (χ1n) is 5.13. The summed E-state index contributed by atoms with van der Waals surface area (Å²) in [7, 11) is -5.70. The molecular formula is C10H13BrClNO4S2. The fraction of sp³-hybridized carbons (Fsp3) is 0.400. The summed E-state index contributed by atoms with van der Waals surface area (Å²) in [5.41, 5.74) is 0. The number of hydrogen-bond acceptors (Lipinski definition) is 4. The summed E-state index contributed by atoms with van der Waals surface area (Å²) in [5, 5.41) is 0.0839. The molecule has 9 heteroatoms. The van der Waals surface area contributed by atoms with E-state index < -0.39 is 19.9 Å². The summed E-state index contributed by atoms with van der Waals surface area (Å²) in [4.78, 5) is -0.0478. The van der Waals surface area contributed by atoms with Crippen LogP contribution in [0.25, 0.3) is 0 Å². The smallest absolute Gasteiger partial charge is 0.229 e. The van der Waals surface area contributed by atoms with Gasteiger partial charge in [-0.1, -0.05) is 27.5 Å². The lowest BCUT2D eigenvalue weighted by Gasteiger charge is -2.17. The maximum absolute atomic E-state index is 12.2. The van der Waals surface area contributed by atoms with Crippen molar-refractivity contribution in [3.05, 3.63) is 27.7 Å². The van der Waals surface area contributed by atoms with Crippen LogP contribution in [0.5, 0.6) is 0 Å². The van der Waals surface area contributed by atoms with Gasteiger partial charge < -0.3 is 0 Å². The number of sulfonamides is 1. The van der Waals surface area contributed by atoms with Gasteiger partial charge in [-0.15, -0.1) is 0 Å². The molecule has 0 unspecified atom stereocenters. The molecule has 0 aliphatic heterocycles. The minimum absolute atomic E-state index is 0.0478. The van der Waals surface area contributed by atoms with E-state index >= 15 is 0 Å². The minimum Gasteiger partial charge on any atom is -0.229 e. The molecule has 0 atom stereocenters. The van der Waals surface area contributed by atoms with Crippen LogP contribution in [0, 0.1) is 0 Å². The highest BCUT2D eigenvalue weighted by molar-refractivity contribution is 9.10. The Kier molecular flexibility index (Phi) is 5.42. The van der Waals surface area contributed by atoms with Gasteiger partial charge in [-0.05, 0) is 18.2 Å². The van der Waals surface area contributed by atoms with Gasteiger partial charge in [0.1, 0.15) is 14.7 Å². The van der Waals surface area contributed by atoms with Gasteiger partial charge in [-0.3, -0.25) is 0 Å². The summed E-state index contributed by atoms with van der Waals surface area (Å²) in [6, 6.07) is 4.40. The first-order valence-corrected chi connectivity index (χ1v) is 9.80. The highest BCUT2D eigenvalue weighted by Gasteiger charge is 2.24. The molecule has 0 heterocycles. The Bertz CT molecular complexity index is 673. The van der Waals surface area contributed by atoms with Gasteiger partial charge in [0.15, 0.2) is 0 Å². The van der Waals surface area contributed by atoms with Crippen molar-refractivity contribution in [2.45, 2.75) is 4.90 Å². The summed E-state index contributed by atoms with van der Waals surface area (Å²) in [6.07, 6.45) is 1.06. The van der Waals surface area contributed by atoms with Crippen LogP contribution >= 0.6 is 27.5 Å². The number of hydrogen-bond donors (Lipinski definition) is 0. The zero-order valence-electron chi connectivity index (χ0n) is 10.3. The van der Waals surface area contributed by atoms with Gasteiger partial charge in [-0.25, -0.2) is 16.8 Å². The molecule has 0 aliphatic carbocycles. The zero-order valence-corrected chi connectivity index (χ0v) is 14.3. The molecule has 0 fully saturated rings. The Labute approximate surface area is 126 Å². The predicted molar refractivity (Wildman–Crippen MR) is 78.7 cm³/mol. The van der Waals surface area contributed by atoms with E-state index in [1.165, 1.54) is 19.2 Å². The second kappa shape index (κ2) is 6.09. The van der Waals surface area contributed by atoms with E-state index in [9.17, 15) is 16.8 Å². The van der Waals surface area contributed by atoms with Gasteiger partial charge in [0.2, 0.25) is 10.0 Å². The predicted octanol–water partition coefficient (Wildman–Crippen LogP) is 1.77. The van der Waals surface area contributed by atoms with Crippen molar-refractivity contribution in [3.8, 4) is 0 Å². The first kappa shape index (κ1) is 16.9. The van der Waals surface area contributed by atoms with E-state index in [0.29, 0.717) is 4.47 Å². The van der Waals surface area contributed by atoms with E-state index in [-0.39, 0.29) is 22.2 Å². The van der Waals surface area contributed by atoms with Crippen LogP contribution in [-0.4, -0.2) is 46.7 Å². The largest absolute Gasteiger partial charge is 0.244 e. The van der Waals surface area contributed by atoms with Crippen molar-refractivity contribution < 1.29 is 16.8 Å². The standard InChI is InChI=1S/C10H13BrClNO4S2/c1-13(5-6-18(2,14)15)19(16,17)10-4-3-8(11)7-9(10)12/h3-4,7H,5-6H2,1-2H3. The Hall–Kier alpha value is -0.150. The molecule has 0 bridgehead atoms. The van der Waals surface area contributed by atoms with Crippen LogP contribution in [0.1, 0.15) is 0 Å². The lowest BCUT2D eigenvalue weighted by molar-refractivity contribution is 0.485. The molecule has 0 amide bonds. The molecule has 0 aromatic heterocycles. The maximum Gasteiger partial charge on any atom is 0.244 e. The molecule has 0 saturated heterocycles. The SMILES string of the molecule is CN(CCS(C)(=O)=O)S(=O)(=O)c1ccc(Br)cc1Cl. The van der Waals surface area contributed by atoms with Crippen molar-refractivity contribution in [2.75, 3.05) is 25.6 Å². The second-order valence-electron chi connectivity index (χ2n) is 4.03. The Morgan fingerprint density at radius 2 is 1.84 bits per heavy atom. The number of benzene rings is 1. The molecule has 19 heavy (non-hydrogen) atoms. The molecular weight excluding hydrogens is 378 g/mol. The highest BCUT2D eigenvalue weighted by atomic mass is 79.9. The zero-order chi connectivity index (χ0) is 14.8. The van der Waals surface area contributed by atoms with Crippen molar-refractivity contribution >= 4 is 47.4 Å². The van der Waals surface area contributed by atoms with Crippen molar-refractivity contribution in [1.82, 2.24) is 4.31 Å². The van der Waals surface area contributed by atoms with Crippen LogP contribution in [0.2, 0.25) is 5.02 Å². The van der Waals surface area contributed by atoms with Gasteiger partial charge in [-0.2, -0.15) is 4.31 Å². The third kappa shape index (κ3) is 4.71. The third-order valence-corrected chi connectivity index (χ3v) is 6.12. The Balaban J connectivity index is 3.03. The summed E-state index contributed by atoms with van der Waals surface area (Å²) < 4.78 is 48.2. The van der Waals surface area contributed by atoms with Gasteiger partial charge >= 0.3 is 0 Å². The molecule has 108 valence electrons. The summed E-state index contributed by atoms with van der Waals surface area (Å²) in [5.74, 6) is -0.239. The monoisotopic (exact) mass is 389 g/mol. The van der Waals surface area contributed by atoms with E-state index in [4.69, 9.17) is 11.6 Å². The van der Waals surface area contributed by atoms with E-state index in [0.717, 1.165) is 10.6 Å². The second-order valence-corrected chi connectivity index (χ2v) is 9.63. The van der Waals surface area contributed by atoms with E-state index in [1.54, 1.807) is 6.07 Å². The molecule has 0 N–H and O–H groups in total. The number of sulfone groups is 1. The van der Waals surface area contributed by atoms with Crippen LogP contribution < -0.4 is 0 Å². The van der Waals surface area contributed by atoms with Gasteiger partial charge in [0.25, 0.3) is 0 Å². The molecule has 0 saturated carbocycles. The third-order valence-electron chi connectivity index (χ3n) is 2.36. The fourth-order valence-corrected chi connectivity index (χ4v) is 4.17. The van der Waals surface area contributed by atoms with Crippen LogP contribution in [-0.2, 0) is 19.9 Å². The number of nitrogens with zero attached hydrogens (tertiary/aromatic N) is 1. The van der Waals surface area contributed by atoms with Gasteiger partial charge in [0, 0.05) is 24.3 Å². The molecule has 1 rings (SSSR count). The minimum atomic E-state index is -3.79. The van der Waals surface area contributed by atoms with Crippen molar-refractivity contribution in [1.29, 1.82) is 0 Å². The van der Waals surface area contributed by atoms with Crippen LogP contribution in [0.3, 0.4) is 0 Å². The van der Waals surface area contributed by atoms with Crippen LogP contribution in [0.15, 0.2) is 27.6 Å². The normalized spacial score (nSPS) is 12.9. The quantitative estimate of drug-likeness (QED) is 0.768.